The van der Waals surface area contributed by atoms with Crippen LogP contribution in [0.5, 0.6) is 0 Å². The lowest BCUT2D eigenvalue weighted by Gasteiger charge is -2.38. The van der Waals surface area contributed by atoms with Crippen molar-refractivity contribution in [3.63, 3.8) is 0 Å². The molecule has 0 radical (unpaired) electrons. The summed E-state index contributed by atoms with van der Waals surface area (Å²) >= 11 is 0. The monoisotopic (exact) mass is 480 g/mol. The molecule has 0 saturated heterocycles. The van der Waals surface area contributed by atoms with Crippen LogP contribution >= 0.6 is 0 Å². The van der Waals surface area contributed by atoms with E-state index in [-0.39, 0.29) is 29.5 Å². The van der Waals surface area contributed by atoms with Crippen LogP contribution in [0.4, 0.5) is 0 Å². The molecule has 7 atom stereocenters. The van der Waals surface area contributed by atoms with Crippen LogP contribution < -0.4 is 0 Å². The van der Waals surface area contributed by atoms with Crippen molar-refractivity contribution in [2.45, 2.75) is 72.2 Å². The minimum atomic E-state index is -1.67. The molecule has 0 heterocycles. The third kappa shape index (κ3) is 4.37. The molecule has 4 rings (SSSR count). The summed E-state index contributed by atoms with van der Waals surface area (Å²) in [6.07, 6.45) is 3.05. The first-order valence-electron chi connectivity index (χ1n) is 12.4. The van der Waals surface area contributed by atoms with Gasteiger partial charge in [0.15, 0.2) is 5.60 Å². The van der Waals surface area contributed by atoms with Gasteiger partial charge in [-0.3, -0.25) is 9.59 Å². The molecule has 6 heteroatoms. The molecule has 0 amide bonds. The Kier molecular flexibility index (Phi) is 6.56. The zero-order valence-electron chi connectivity index (χ0n) is 21.4. The van der Waals surface area contributed by atoms with Crippen LogP contribution in [0.15, 0.2) is 53.6 Å². The van der Waals surface area contributed by atoms with Gasteiger partial charge in [0.05, 0.1) is 17.6 Å². The number of ether oxygens (including phenoxy) is 2. The van der Waals surface area contributed by atoms with E-state index in [9.17, 15) is 19.5 Å². The molecule has 1 aromatic carbocycles. The van der Waals surface area contributed by atoms with Gasteiger partial charge >= 0.3 is 11.9 Å². The highest BCUT2D eigenvalue weighted by Crippen LogP contribution is 2.62. The largest absolute Gasteiger partial charge is 0.462 e. The van der Waals surface area contributed by atoms with Crippen LogP contribution in [0.2, 0.25) is 0 Å². The fourth-order valence-corrected chi connectivity index (χ4v) is 6.33. The van der Waals surface area contributed by atoms with E-state index in [1.54, 1.807) is 37.3 Å². The SMILES string of the molecule is CC(=O)O[C@@H]1[C@H]2[C@@H](O)/C(C)=C\C[C@H]3[C@H](/C=C(\C)C(=O)[C@@]2(OC(=O)c2ccccc2)C[C@@H]1C)C3(C)C. The number of aliphatic hydroxyl groups is 1. The van der Waals surface area contributed by atoms with Crippen molar-refractivity contribution in [2.75, 3.05) is 0 Å². The number of hydrogen-bond donors (Lipinski definition) is 1. The van der Waals surface area contributed by atoms with Crippen molar-refractivity contribution in [2.24, 2.45) is 29.1 Å². The molecule has 35 heavy (non-hydrogen) atoms. The van der Waals surface area contributed by atoms with E-state index in [2.05, 4.69) is 13.8 Å². The summed E-state index contributed by atoms with van der Waals surface area (Å²) in [6.45, 7) is 11.1. The summed E-state index contributed by atoms with van der Waals surface area (Å²) in [6, 6.07) is 8.52. The molecule has 1 aromatic rings. The van der Waals surface area contributed by atoms with Crippen molar-refractivity contribution >= 4 is 17.7 Å². The minimum absolute atomic E-state index is 0.0407. The molecule has 0 spiro atoms. The van der Waals surface area contributed by atoms with Gasteiger partial charge in [0, 0.05) is 13.3 Å². The molecule has 6 nitrogen and oxygen atoms in total. The molecule has 3 aliphatic rings. The molecular weight excluding hydrogens is 444 g/mol. The zero-order chi connectivity index (χ0) is 25.7. The van der Waals surface area contributed by atoms with Crippen LogP contribution in [0.25, 0.3) is 0 Å². The lowest BCUT2D eigenvalue weighted by Crippen LogP contribution is -2.54. The van der Waals surface area contributed by atoms with Crippen LogP contribution in [-0.4, -0.2) is 40.6 Å². The predicted octanol–water partition coefficient (Wildman–Crippen LogP) is 4.67. The molecule has 3 aliphatic carbocycles. The third-order valence-electron chi connectivity index (χ3n) is 8.48. The number of ketones is 1. The van der Waals surface area contributed by atoms with Gasteiger partial charge in [-0.15, -0.1) is 0 Å². The van der Waals surface area contributed by atoms with Crippen LogP contribution in [0, 0.1) is 29.1 Å². The summed E-state index contributed by atoms with van der Waals surface area (Å²) in [5.74, 6) is -2.13. The van der Waals surface area contributed by atoms with Crippen molar-refractivity contribution < 1.29 is 29.0 Å². The Morgan fingerprint density at radius 2 is 1.77 bits per heavy atom. The van der Waals surface area contributed by atoms with E-state index in [0.717, 1.165) is 6.42 Å². The molecule has 0 unspecified atom stereocenters. The van der Waals surface area contributed by atoms with Crippen molar-refractivity contribution in [3.05, 3.63) is 59.2 Å². The van der Waals surface area contributed by atoms with E-state index >= 15 is 0 Å². The van der Waals surface area contributed by atoms with Crippen molar-refractivity contribution in [1.82, 2.24) is 0 Å². The van der Waals surface area contributed by atoms with Gasteiger partial charge in [-0.05, 0) is 66.7 Å². The summed E-state index contributed by atoms with van der Waals surface area (Å²) in [5.41, 5.74) is -0.105. The first kappa shape index (κ1) is 25.4. The summed E-state index contributed by atoms with van der Waals surface area (Å²) < 4.78 is 11.8. The zero-order valence-corrected chi connectivity index (χ0v) is 21.4. The number of aliphatic hydroxyl groups excluding tert-OH is 1. The minimum Gasteiger partial charge on any atom is -0.462 e. The Hall–Kier alpha value is -2.73. The quantitative estimate of drug-likeness (QED) is 0.500. The second-order valence-corrected chi connectivity index (χ2v) is 11.2. The molecular formula is C29H36O6. The highest BCUT2D eigenvalue weighted by molar-refractivity contribution is 6.04. The standard InChI is InChI=1S/C29H36O6/c1-16-12-13-21-22(28(21,5)6)14-17(2)26(32)29(35-27(33)20-10-8-7-9-11-20)15-18(3)25(34-19(4)30)23(29)24(16)31/h7-12,14,18,21-25,31H,13,15H2,1-6H3/b16-12-,17-14+/t18-,21-,22-,23+,24-,25-,29+/m0/s1. The smallest absolute Gasteiger partial charge is 0.339 e. The first-order chi connectivity index (χ1) is 16.4. The summed E-state index contributed by atoms with van der Waals surface area (Å²) in [7, 11) is 0. The average Bonchev–Trinajstić information content (AvgIpc) is 3.19. The Morgan fingerprint density at radius 1 is 1.11 bits per heavy atom. The predicted molar refractivity (Wildman–Crippen MR) is 131 cm³/mol. The van der Waals surface area contributed by atoms with Gasteiger partial charge in [0.1, 0.15) is 6.10 Å². The number of fused-ring (bicyclic) bond motifs is 2. The number of hydrogen-bond acceptors (Lipinski definition) is 6. The number of esters is 2. The van der Waals surface area contributed by atoms with Gasteiger partial charge in [0.2, 0.25) is 5.78 Å². The maximum atomic E-state index is 14.2. The van der Waals surface area contributed by atoms with Crippen molar-refractivity contribution in [3.8, 4) is 0 Å². The Morgan fingerprint density at radius 3 is 2.40 bits per heavy atom. The van der Waals surface area contributed by atoms with Crippen LogP contribution in [0.1, 0.15) is 64.7 Å². The highest BCUT2D eigenvalue weighted by Gasteiger charge is 2.64. The maximum absolute atomic E-state index is 14.2. The van der Waals surface area contributed by atoms with Gasteiger partial charge < -0.3 is 14.6 Å². The maximum Gasteiger partial charge on any atom is 0.339 e. The Bertz CT molecular complexity index is 1080. The molecule has 0 bridgehead atoms. The molecule has 0 aromatic heterocycles. The van der Waals surface area contributed by atoms with E-state index in [4.69, 9.17) is 9.47 Å². The van der Waals surface area contributed by atoms with E-state index in [1.165, 1.54) is 6.92 Å². The second kappa shape index (κ2) is 9.05. The Labute approximate surface area is 207 Å². The fourth-order valence-electron chi connectivity index (χ4n) is 6.33. The fraction of sp³-hybridized carbons (Fsp3) is 0.552. The normalized spacial score (nSPS) is 39.0. The van der Waals surface area contributed by atoms with E-state index in [0.29, 0.717) is 22.6 Å². The molecule has 2 saturated carbocycles. The number of rotatable bonds is 3. The molecule has 0 aliphatic heterocycles. The van der Waals surface area contributed by atoms with Crippen LogP contribution in [0.3, 0.4) is 0 Å². The van der Waals surface area contributed by atoms with Gasteiger partial charge in [-0.2, -0.15) is 0 Å². The van der Waals surface area contributed by atoms with Gasteiger partial charge in [-0.25, -0.2) is 4.79 Å². The van der Waals surface area contributed by atoms with Gasteiger partial charge in [0.25, 0.3) is 0 Å². The first-order valence-corrected chi connectivity index (χ1v) is 12.4. The summed E-state index contributed by atoms with van der Waals surface area (Å²) in [4.78, 5) is 39.6. The number of carbonyl (C=O) groups is 3. The topological polar surface area (TPSA) is 89.9 Å². The van der Waals surface area contributed by atoms with Crippen LogP contribution in [-0.2, 0) is 19.1 Å². The van der Waals surface area contributed by atoms with E-state index in [1.807, 2.05) is 26.0 Å². The Balaban J connectivity index is 1.87. The molecule has 188 valence electrons. The van der Waals surface area contributed by atoms with Gasteiger partial charge in [-0.1, -0.05) is 51.1 Å². The third-order valence-corrected chi connectivity index (χ3v) is 8.48. The van der Waals surface area contributed by atoms with E-state index < -0.39 is 35.7 Å². The highest BCUT2D eigenvalue weighted by atomic mass is 16.6. The average molecular weight is 481 g/mol. The number of carbonyl (C=O) groups excluding carboxylic acids is 3. The number of benzene rings is 1. The molecule has 2 fully saturated rings. The molecule has 1 N–H and O–H groups in total. The number of allylic oxidation sites excluding steroid dienone is 2. The van der Waals surface area contributed by atoms with Crippen molar-refractivity contribution in [1.29, 1.82) is 0 Å². The lowest BCUT2D eigenvalue weighted by molar-refractivity contribution is -0.160. The lowest BCUT2D eigenvalue weighted by atomic mass is 9.77. The second-order valence-electron chi connectivity index (χ2n) is 11.2. The summed E-state index contributed by atoms with van der Waals surface area (Å²) in [5, 5.41) is 11.6. The number of Topliss-reactive ketones (excluding diaryl/α,β-unsaturated/α-hetero) is 1.